The van der Waals surface area contributed by atoms with Gasteiger partial charge in [-0.2, -0.15) is 0 Å². The molecule has 0 aromatic rings. The Balaban J connectivity index is 2.19. The highest BCUT2D eigenvalue weighted by molar-refractivity contribution is 5.50. The first kappa shape index (κ1) is 19.8. The van der Waals surface area contributed by atoms with Crippen molar-refractivity contribution in [1.29, 1.82) is 0 Å². The molecule has 1 saturated heterocycles. The van der Waals surface area contributed by atoms with Crippen LogP contribution in [0.2, 0.25) is 0 Å². The molecular formula is C23H36N2. The number of unbranched alkanes of at least 4 members (excludes halogenated alkanes) is 1. The molecule has 0 amide bonds. The minimum Gasteiger partial charge on any atom is -0.321 e. The van der Waals surface area contributed by atoms with Crippen molar-refractivity contribution in [3.8, 4) is 0 Å². The van der Waals surface area contributed by atoms with Crippen LogP contribution in [0.1, 0.15) is 65.7 Å². The second-order valence-corrected chi connectivity index (χ2v) is 7.40. The third kappa shape index (κ3) is 5.47. The van der Waals surface area contributed by atoms with Crippen LogP contribution in [0, 0.1) is 0 Å². The van der Waals surface area contributed by atoms with E-state index in [4.69, 9.17) is 0 Å². The van der Waals surface area contributed by atoms with Crippen molar-refractivity contribution >= 4 is 0 Å². The first-order chi connectivity index (χ1) is 12.1. The molecule has 0 radical (unpaired) electrons. The van der Waals surface area contributed by atoms with E-state index in [2.05, 4.69) is 62.1 Å². The first-order valence-corrected chi connectivity index (χ1v) is 10.0. The summed E-state index contributed by atoms with van der Waals surface area (Å²) in [5.74, 6) is 0. The zero-order valence-corrected chi connectivity index (χ0v) is 16.6. The average molecular weight is 341 g/mol. The molecule has 2 heterocycles. The molecule has 2 heteroatoms. The normalized spacial score (nSPS) is 19.7. The highest BCUT2D eigenvalue weighted by atomic mass is 15.1. The number of hydrogen-bond donors (Lipinski definition) is 0. The topological polar surface area (TPSA) is 6.48 Å². The van der Waals surface area contributed by atoms with Crippen molar-refractivity contribution < 1.29 is 0 Å². The molecule has 2 rings (SSSR count). The van der Waals surface area contributed by atoms with Crippen LogP contribution in [-0.4, -0.2) is 29.4 Å². The standard InChI is InChI=1S/C23H36N2/c1-6-8-13-20(4)25-18-23(16-22(12-7-2)21(25)5)19(3)17-24-14-10-9-11-15-24/h13,16,18H,3,5-12,14-15,17H2,1-2,4H3/b20-13-. The predicted molar refractivity (Wildman–Crippen MR) is 110 cm³/mol. The van der Waals surface area contributed by atoms with Crippen molar-refractivity contribution in [2.24, 2.45) is 0 Å². The van der Waals surface area contributed by atoms with Crippen LogP contribution in [-0.2, 0) is 0 Å². The van der Waals surface area contributed by atoms with E-state index in [-0.39, 0.29) is 0 Å². The van der Waals surface area contributed by atoms with E-state index in [1.807, 2.05) is 0 Å². The second kappa shape index (κ2) is 9.82. The largest absolute Gasteiger partial charge is 0.321 e. The SMILES string of the molecule is C=C(CN1CCCCC1)C1=CN(/C(C)=C\CCC)C(=C)C(CCC)=C1. The summed E-state index contributed by atoms with van der Waals surface area (Å²) in [6.07, 6.45) is 15.4. The van der Waals surface area contributed by atoms with E-state index in [1.54, 1.807) is 0 Å². The van der Waals surface area contributed by atoms with Gasteiger partial charge in [-0.1, -0.05) is 52.3 Å². The summed E-state index contributed by atoms with van der Waals surface area (Å²) in [6.45, 7) is 18.8. The summed E-state index contributed by atoms with van der Waals surface area (Å²) in [4.78, 5) is 4.82. The van der Waals surface area contributed by atoms with E-state index in [1.165, 1.54) is 61.2 Å². The fourth-order valence-electron chi connectivity index (χ4n) is 3.60. The Morgan fingerprint density at radius 1 is 1.16 bits per heavy atom. The summed E-state index contributed by atoms with van der Waals surface area (Å²) in [5, 5.41) is 0. The van der Waals surface area contributed by atoms with Crippen LogP contribution in [0.4, 0.5) is 0 Å². The van der Waals surface area contributed by atoms with Crippen LogP contribution < -0.4 is 0 Å². The molecule has 1 fully saturated rings. The highest BCUT2D eigenvalue weighted by Crippen LogP contribution is 2.32. The van der Waals surface area contributed by atoms with E-state index in [0.717, 1.165) is 31.5 Å². The molecule has 2 aliphatic heterocycles. The summed E-state index contributed by atoms with van der Waals surface area (Å²) in [6, 6.07) is 0. The Bertz CT molecular complexity index is 571. The fourth-order valence-corrected chi connectivity index (χ4v) is 3.60. The lowest BCUT2D eigenvalue weighted by molar-refractivity contribution is 0.248. The van der Waals surface area contributed by atoms with Crippen molar-refractivity contribution in [3.63, 3.8) is 0 Å². The molecule has 0 saturated carbocycles. The third-order valence-corrected chi connectivity index (χ3v) is 5.16. The van der Waals surface area contributed by atoms with Gasteiger partial charge in [0.05, 0.1) is 0 Å². The van der Waals surface area contributed by atoms with Gasteiger partial charge in [0.15, 0.2) is 0 Å². The second-order valence-electron chi connectivity index (χ2n) is 7.40. The maximum atomic E-state index is 4.42. The smallest absolute Gasteiger partial charge is 0.0412 e. The molecule has 25 heavy (non-hydrogen) atoms. The van der Waals surface area contributed by atoms with Crippen LogP contribution >= 0.6 is 0 Å². The monoisotopic (exact) mass is 340 g/mol. The van der Waals surface area contributed by atoms with Crippen molar-refractivity contribution in [2.75, 3.05) is 19.6 Å². The van der Waals surface area contributed by atoms with Gasteiger partial charge in [-0.25, -0.2) is 0 Å². The van der Waals surface area contributed by atoms with Crippen LogP contribution in [0.5, 0.6) is 0 Å². The minimum absolute atomic E-state index is 0.986. The fraction of sp³-hybridized carbons (Fsp3) is 0.565. The number of nitrogens with zero attached hydrogens (tertiary/aromatic N) is 2. The number of likely N-dealkylation sites (tertiary alicyclic amines) is 1. The van der Waals surface area contributed by atoms with E-state index in [9.17, 15) is 0 Å². The molecule has 138 valence electrons. The number of allylic oxidation sites excluding steroid dienone is 4. The summed E-state index contributed by atoms with van der Waals surface area (Å²) in [5.41, 5.74) is 6.25. The quantitative estimate of drug-likeness (QED) is 0.521. The van der Waals surface area contributed by atoms with Gasteiger partial charge >= 0.3 is 0 Å². The first-order valence-electron chi connectivity index (χ1n) is 10.0. The van der Waals surface area contributed by atoms with E-state index in [0.29, 0.717) is 0 Å². The lowest BCUT2D eigenvalue weighted by atomic mass is 9.95. The van der Waals surface area contributed by atoms with Gasteiger partial charge in [-0.3, -0.25) is 4.90 Å². The maximum Gasteiger partial charge on any atom is 0.0412 e. The molecule has 0 N–H and O–H groups in total. The molecule has 0 aromatic heterocycles. The lowest BCUT2D eigenvalue weighted by Crippen LogP contribution is -2.32. The van der Waals surface area contributed by atoms with Crippen LogP contribution in [0.15, 0.2) is 59.6 Å². The van der Waals surface area contributed by atoms with Gasteiger partial charge in [0.25, 0.3) is 0 Å². The molecule has 0 bridgehead atoms. The third-order valence-electron chi connectivity index (χ3n) is 5.16. The Kier molecular flexibility index (Phi) is 7.77. The molecule has 0 aliphatic carbocycles. The van der Waals surface area contributed by atoms with Crippen molar-refractivity contribution in [3.05, 3.63) is 59.6 Å². The van der Waals surface area contributed by atoms with Gasteiger partial charge in [-0.05, 0) is 68.5 Å². The van der Waals surface area contributed by atoms with Gasteiger partial charge in [-0.15, -0.1) is 0 Å². The van der Waals surface area contributed by atoms with Gasteiger partial charge in [0.1, 0.15) is 0 Å². The maximum absolute atomic E-state index is 4.42. The predicted octanol–water partition coefficient (Wildman–Crippen LogP) is 6.17. The highest BCUT2D eigenvalue weighted by Gasteiger charge is 2.20. The summed E-state index contributed by atoms with van der Waals surface area (Å²) < 4.78 is 0. The lowest BCUT2D eigenvalue weighted by Gasteiger charge is -2.32. The Labute approximate surface area is 155 Å². The zero-order valence-electron chi connectivity index (χ0n) is 16.6. The van der Waals surface area contributed by atoms with Crippen LogP contribution in [0.3, 0.4) is 0 Å². The Morgan fingerprint density at radius 2 is 1.88 bits per heavy atom. The Morgan fingerprint density at radius 3 is 2.52 bits per heavy atom. The average Bonchev–Trinajstić information content (AvgIpc) is 2.62. The number of hydrogen-bond acceptors (Lipinski definition) is 2. The van der Waals surface area contributed by atoms with E-state index >= 15 is 0 Å². The van der Waals surface area contributed by atoms with Crippen molar-refractivity contribution in [1.82, 2.24) is 9.80 Å². The zero-order chi connectivity index (χ0) is 18.2. The minimum atomic E-state index is 0.986. The van der Waals surface area contributed by atoms with Crippen molar-refractivity contribution in [2.45, 2.75) is 65.7 Å². The van der Waals surface area contributed by atoms with Gasteiger partial charge in [0, 0.05) is 24.1 Å². The van der Waals surface area contributed by atoms with Gasteiger partial charge < -0.3 is 4.90 Å². The van der Waals surface area contributed by atoms with E-state index < -0.39 is 0 Å². The molecule has 0 aromatic carbocycles. The number of rotatable bonds is 8. The summed E-state index contributed by atoms with van der Waals surface area (Å²) >= 11 is 0. The summed E-state index contributed by atoms with van der Waals surface area (Å²) in [7, 11) is 0. The molecule has 2 nitrogen and oxygen atoms in total. The molecule has 2 aliphatic rings. The molecule has 0 unspecified atom stereocenters. The molecule has 0 spiro atoms. The van der Waals surface area contributed by atoms with Gasteiger partial charge in [0.2, 0.25) is 0 Å². The Hall–Kier alpha value is -1.54. The van der Waals surface area contributed by atoms with Crippen LogP contribution in [0.25, 0.3) is 0 Å². The molecular weight excluding hydrogens is 304 g/mol. The molecule has 0 atom stereocenters. The number of piperidine rings is 1.